The van der Waals surface area contributed by atoms with Gasteiger partial charge in [0.05, 0.1) is 6.04 Å². The van der Waals surface area contributed by atoms with Gasteiger partial charge in [-0.25, -0.2) is 4.79 Å². The molecule has 5 heteroatoms. The van der Waals surface area contributed by atoms with Crippen LogP contribution in [0.3, 0.4) is 0 Å². The van der Waals surface area contributed by atoms with Gasteiger partial charge in [-0.05, 0) is 11.5 Å². The Balaban J connectivity index is 1.94. The summed E-state index contributed by atoms with van der Waals surface area (Å²) in [5.41, 5.74) is 0.0162. The molecule has 0 saturated carbocycles. The van der Waals surface area contributed by atoms with E-state index in [0.717, 1.165) is 0 Å². The molecule has 2 heterocycles. The summed E-state index contributed by atoms with van der Waals surface area (Å²) in [5.74, 6) is 0.0453. The summed E-state index contributed by atoms with van der Waals surface area (Å²) in [6.07, 6.45) is 3.58. The minimum atomic E-state index is -0.00247. The molecule has 5 nitrogen and oxygen atoms in total. The standard InChI is InChI=1S/C13H21N3O2/c1-13(2,3)5-4-11(17)15-6-7-16-10(9-15)8-14-12(16)18/h4-5,10H,6-9H2,1-3H3,(H,14,18)/b5-4+/t10-/m1/s1. The predicted molar refractivity (Wildman–Crippen MR) is 69.1 cm³/mol. The largest absolute Gasteiger partial charge is 0.336 e. The van der Waals surface area contributed by atoms with Gasteiger partial charge in [0.2, 0.25) is 5.91 Å². The number of carbonyl (C=O) groups is 2. The lowest BCUT2D eigenvalue weighted by Crippen LogP contribution is -2.53. The smallest absolute Gasteiger partial charge is 0.317 e. The Bertz CT molecular complexity index is 384. The maximum Gasteiger partial charge on any atom is 0.317 e. The summed E-state index contributed by atoms with van der Waals surface area (Å²) in [7, 11) is 0. The maximum atomic E-state index is 12.0. The molecule has 0 aromatic carbocycles. The van der Waals surface area contributed by atoms with Crippen LogP contribution in [0.5, 0.6) is 0 Å². The molecular weight excluding hydrogens is 230 g/mol. The van der Waals surface area contributed by atoms with E-state index in [0.29, 0.717) is 26.2 Å². The van der Waals surface area contributed by atoms with E-state index in [9.17, 15) is 9.59 Å². The van der Waals surface area contributed by atoms with Crippen molar-refractivity contribution in [1.29, 1.82) is 0 Å². The van der Waals surface area contributed by atoms with Crippen molar-refractivity contribution in [2.75, 3.05) is 26.2 Å². The third-order valence-corrected chi connectivity index (χ3v) is 3.27. The van der Waals surface area contributed by atoms with Crippen molar-refractivity contribution in [3.63, 3.8) is 0 Å². The van der Waals surface area contributed by atoms with Crippen molar-refractivity contribution >= 4 is 11.9 Å². The summed E-state index contributed by atoms with van der Waals surface area (Å²) in [5, 5.41) is 2.81. The molecule has 2 rings (SSSR count). The molecule has 100 valence electrons. The van der Waals surface area contributed by atoms with Crippen LogP contribution in [-0.4, -0.2) is 54.0 Å². The zero-order chi connectivity index (χ0) is 13.3. The van der Waals surface area contributed by atoms with E-state index in [1.165, 1.54) is 0 Å². The first-order valence-corrected chi connectivity index (χ1v) is 6.39. The Morgan fingerprint density at radius 3 is 2.78 bits per heavy atom. The second-order valence-corrected chi connectivity index (χ2v) is 6.02. The maximum absolute atomic E-state index is 12.0. The number of nitrogens with one attached hydrogen (secondary N) is 1. The number of rotatable bonds is 1. The number of fused-ring (bicyclic) bond motifs is 1. The van der Waals surface area contributed by atoms with Gasteiger partial charge in [-0.2, -0.15) is 0 Å². The molecule has 0 spiro atoms. The molecule has 2 saturated heterocycles. The Labute approximate surface area is 108 Å². The molecule has 1 atom stereocenters. The van der Waals surface area contributed by atoms with Gasteiger partial charge in [0, 0.05) is 26.2 Å². The molecule has 0 aromatic rings. The van der Waals surface area contributed by atoms with Crippen LogP contribution in [-0.2, 0) is 4.79 Å². The van der Waals surface area contributed by atoms with E-state index in [2.05, 4.69) is 26.1 Å². The zero-order valence-corrected chi connectivity index (χ0v) is 11.3. The van der Waals surface area contributed by atoms with Crippen LogP contribution in [0.2, 0.25) is 0 Å². The van der Waals surface area contributed by atoms with Crippen LogP contribution in [0.15, 0.2) is 12.2 Å². The number of piperazine rings is 1. The molecule has 0 unspecified atom stereocenters. The highest BCUT2D eigenvalue weighted by atomic mass is 16.2. The van der Waals surface area contributed by atoms with Gasteiger partial charge >= 0.3 is 6.03 Å². The van der Waals surface area contributed by atoms with Crippen LogP contribution in [0, 0.1) is 5.41 Å². The number of urea groups is 1. The quantitative estimate of drug-likeness (QED) is 0.702. The first kappa shape index (κ1) is 12.9. The third kappa shape index (κ3) is 2.83. The molecule has 18 heavy (non-hydrogen) atoms. The molecule has 2 fully saturated rings. The molecule has 2 aliphatic rings. The summed E-state index contributed by atoms with van der Waals surface area (Å²) >= 11 is 0. The van der Waals surface area contributed by atoms with Gasteiger partial charge in [-0.1, -0.05) is 26.8 Å². The van der Waals surface area contributed by atoms with Crippen molar-refractivity contribution in [2.45, 2.75) is 26.8 Å². The number of amides is 3. The minimum Gasteiger partial charge on any atom is -0.336 e. The average Bonchev–Trinajstić information content (AvgIpc) is 2.66. The highest BCUT2D eigenvalue weighted by molar-refractivity contribution is 5.88. The summed E-state index contributed by atoms with van der Waals surface area (Å²) in [6, 6.07) is 0.135. The lowest BCUT2D eigenvalue weighted by molar-refractivity contribution is -0.128. The van der Waals surface area contributed by atoms with Gasteiger partial charge < -0.3 is 15.1 Å². The average molecular weight is 251 g/mol. The number of hydrogen-bond acceptors (Lipinski definition) is 2. The second kappa shape index (κ2) is 4.63. The topological polar surface area (TPSA) is 52.7 Å². The van der Waals surface area contributed by atoms with Crippen molar-refractivity contribution in [1.82, 2.24) is 15.1 Å². The van der Waals surface area contributed by atoms with Crippen molar-refractivity contribution in [3.05, 3.63) is 12.2 Å². The van der Waals surface area contributed by atoms with E-state index >= 15 is 0 Å². The lowest BCUT2D eigenvalue weighted by Gasteiger charge is -2.36. The number of allylic oxidation sites excluding steroid dienone is 1. The van der Waals surface area contributed by atoms with Crippen molar-refractivity contribution in [2.24, 2.45) is 5.41 Å². The molecule has 0 radical (unpaired) electrons. The number of hydrogen-bond donors (Lipinski definition) is 1. The normalized spacial score (nSPS) is 24.4. The fraction of sp³-hybridized carbons (Fsp3) is 0.692. The highest BCUT2D eigenvalue weighted by Crippen LogP contribution is 2.17. The fourth-order valence-electron chi connectivity index (χ4n) is 2.23. The van der Waals surface area contributed by atoms with Crippen LogP contribution in [0.4, 0.5) is 4.79 Å². The third-order valence-electron chi connectivity index (χ3n) is 3.27. The van der Waals surface area contributed by atoms with Crippen LogP contribution < -0.4 is 5.32 Å². The first-order chi connectivity index (χ1) is 8.37. The van der Waals surface area contributed by atoms with Gasteiger partial charge in [-0.3, -0.25) is 4.79 Å². The van der Waals surface area contributed by atoms with Crippen molar-refractivity contribution < 1.29 is 9.59 Å². The van der Waals surface area contributed by atoms with E-state index in [1.54, 1.807) is 6.08 Å². The highest BCUT2D eigenvalue weighted by Gasteiger charge is 2.36. The van der Waals surface area contributed by atoms with E-state index in [4.69, 9.17) is 0 Å². The van der Waals surface area contributed by atoms with Crippen LogP contribution in [0.25, 0.3) is 0 Å². The van der Waals surface area contributed by atoms with Gasteiger partial charge in [-0.15, -0.1) is 0 Å². The van der Waals surface area contributed by atoms with E-state index < -0.39 is 0 Å². The second-order valence-electron chi connectivity index (χ2n) is 6.02. The zero-order valence-electron chi connectivity index (χ0n) is 11.3. The monoisotopic (exact) mass is 251 g/mol. The molecular formula is C13H21N3O2. The molecule has 3 amide bonds. The lowest BCUT2D eigenvalue weighted by atomic mass is 9.96. The van der Waals surface area contributed by atoms with Gasteiger partial charge in [0.15, 0.2) is 0 Å². The molecule has 0 aliphatic carbocycles. The first-order valence-electron chi connectivity index (χ1n) is 6.39. The van der Waals surface area contributed by atoms with Gasteiger partial charge in [0.1, 0.15) is 0 Å². The Hall–Kier alpha value is -1.52. The fourth-order valence-corrected chi connectivity index (χ4v) is 2.23. The summed E-state index contributed by atoms with van der Waals surface area (Å²) < 4.78 is 0. The minimum absolute atomic E-state index is 0.00247. The number of carbonyl (C=O) groups excluding carboxylic acids is 2. The van der Waals surface area contributed by atoms with Crippen LogP contribution in [0.1, 0.15) is 20.8 Å². The number of nitrogens with zero attached hydrogens (tertiary/aromatic N) is 2. The molecule has 2 aliphatic heterocycles. The predicted octanol–water partition coefficient (Wildman–Crippen LogP) is 0.825. The van der Waals surface area contributed by atoms with E-state index in [-0.39, 0.29) is 23.4 Å². The SMILES string of the molecule is CC(C)(C)/C=C/C(=O)N1CCN2C(=O)NC[C@@H]2C1. The molecule has 0 aromatic heterocycles. The van der Waals surface area contributed by atoms with E-state index in [1.807, 2.05) is 15.9 Å². The van der Waals surface area contributed by atoms with Gasteiger partial charge in [0.25, 0.3) is 0 Å². The Morgan fingerprint density at radius 1 is 1.39 bits per heavy atom. The van der Waals surface area contributed by atoms with Crippen LogP contribution >= 0.6 is 0 Å². The Morgan fingerprint density at radius 2 is 2.11 bits per heavy atom. The summed E-state index contributed by atoms with van der Waals surface area (Å²) in [4.78, 5) is 27.1. The van der Waals surface area contributed by atoms with Crippen molar-refractivity contribution in [3.8, 4) is 0 Å². The molecule has 1 N–H and O–H groups in total. The summed E-state index contributed by atoms with van der Waals surface area (Å²) in [6.45, 7) is 8.72. The Kier molecular flexibility index (Phi) is 3.32. The molecule has 0 bridgehead atoms.